The van der Waals surface area contributed by atoms with Crippen LogP contribution < -0.4 is 5.73 Å². The predicted octanol–water partition coefficient (Wildman–Crippen LogP) is 2.15. The summed E-state index contributed by atoms with van der Waals surface area (Å²) in [6.07, 6.45) is 5.64. The molecule has 1 unspecified atom stereocenters. The van der Waals surface area contributed by atoms with E-state index in [0.29, 0.717) is 6.54 Å². The molecule has 20 heavy (non-hydrogen) atoms. The van der Waals surface area contributed by atoms with Crippen LogP contribution in [0.15, 0.2) is 16.5 Å². The maximum absolute atomic E-state index is 5.99. The maximum atomic E-state index is 5.99. The minimum Gasteiger partial charge on any atom is -0.465 e. The number of furan rings is 1. The molecule has 1 saturated carbocycles. The van der Waals surface area contributed by atoms with E-state index in [9.17, 15) is 0 Å². The van der Waals surface area contributed by atoms with Crippen molar-refractivity contribution in [1.29, 1.82) is 0 Å². The molecule has 0 spiro atoms. The molecule has 2 heterocycles. The molecule has 1 aliphatic carbocycles. The van der Waals surface area contributed by atoms with Crippen molar-refractivity contribution >= 4 is 0 Å². The van der Waals surface area contributed by atoms with E-state index < -0.39 is 0 Å². The molecule has 0 aromatic carbocycles. The molecule has 2 N–H and O–H groups in total. The topological polar surface area (TPSA) is 45.6 Å². The maximum Gasteiger partial charge on any atom is 0.122 e. The van der Waals surface area contributed by atoms with Crippen molar-refractivity contribution in [3.05, 3.63) is 23.7 Å². The minimum atomic E-state index is 0.245. The second kappa shape index (κ2) is 6.29. The summed E-state index contributed by atoms with van der Waals surface area (Å²) in [5.74, 6) is 2.00. The molecule has 0 radical (unpaired) electrons. The zero-order valence-electron chi connectivity index (χ0n) is 12.6. The van der Waals surface area contributed by atoms with Gasteiger partial charge in [0.05, 0.1) is 6.04 Å². The first-order chi connectivity index (χ1) is 9.78. The highest BCUT2D eigenvalue weighted by Crippen LogP contribution is 2.27. The average molecular weight is 277 g/mol. The lowest BCUT2D eigenvalue weighted by Gasteiger charge is -2.40. The first-order valence-corrected chi connectivity index (χ1v) is 8.02. The number of nitrogens with zero attached hydrogens (tertiary/aromatic N) is 2. The van der Waals surface area contributed by atoms with Crippen molar-refractivity contribution < 1.29 is 4.42 Å². The Kier molecular flexibility index (Phi) is 4.44. The summed E-state index contributed by atoms with van der Waals surface area (Å²) in [5, 5.41) is 0. The van der Waals surface area contributed by atoms with Gasteiger partial charge in [-0.3, -0.25) is 9.80 Å². The van der Waals surface area contributed by atoms with E-state index >= 15 is 0 Å². The van der Waals surface area contributed by atoms with Gasteiger partial charge in [0.15, 0.2) is 0 Å². The summed E-state index contributed by atoms with van der Waals surface area (Å²) in [4.78, 5) is 5.17. The van der Waals surface area contributed by atoms with Crippen molar-refractivity contribution in [2.75, 3.05) is 32.7 Å². The monoisotopic (exact) mass is 277 g/mol. The van der Waals surface area contributed by atoms with Gasteiger partial charge in [0.2, 0.25) is 0 Å². The molecule has 1 aliphatic heterocycles. The molecular weight excluding hydrogens is 250 g/mol. The number of rotatable bonds is 4. The van der Waals surface area contributed by atoms with Crippen LogP contribution >= 0.6 is 0 Å². The number of hydrogen-bond donors (Lipinski definition) is 1. The second-order valence-electron chi connectivity index (χ2n) is 6.21. The fourth-order valence-electron chi connectivity index (χ4n) is 3.76. The Morgan fingerprint density at radius 2 is 1.90 bits per heavy atom. The van der Waals surface area contributed by atoms with Crippen LogP contribution in [0.25, 0.3) is 0 Å². The third-order valence-electron chi connectivity index (χ3n) is 4.94. The van der Waals surface area contributed by atoms with E-state index in [1.807, 2.05) is 13.0 Å². The van der Waals surface area contributed by atoms with E-state index in [1.54, 1.807) is 0 Å². The largest absolute Gasteiger partial charge is 0.465 e. The molecule has 2 aliphatic rings. The molecule has 0 amide bonds. The quantitative estimate of drug-likeness (QED) is 0.916. The third-order valence-corrected chi connectivity index (χ3v) is 4.94. The molecule has 1 aromatic rings. The van der Waals surface area contributed by atoms with E-state index in [1.165, 1.54) is 38.8 Å². The molecule has 3 rings (SSSR count). The summed E-state index contributed by atoms with van der Waals surface area (Å²) in [6.45, 7) is 7.21. The summed E-state index contributed by atoms with van der Waals surface area (Å²) in [5.41, 5.74) is 5.99. The highest BCUT2D eigenvalue weighted by atomic mass is 16.3. The molecule has 4 nitrogen and oxygen atoms in total. The smallest absolute Gasteiger partial charge is 0.122 e. The van der Waals surface area contributed by atoms with Gasteiger partial charge in [-0.05, 0) is 31.9 Å². The third kappa shape index (κ3) is 2.92. The Morgan fingerprint density at radius 1 is 1.20 bits per heavy atom. The molecule has 1 aromatic heterocycles. The van der Waals surface area contributed by atoms with Gasteiger partial charge >= 0.3 is 0 Å². The Morgan fingerprint density at radius 3 is 2.45 bits per heavy atom. The van der Waals surface area contributed by atoms with E-state index in [4.69, 9.17) is 10.2 Å². The van der Waals surface area contributed by atoms with Crippen LogP contribution in [0, 0.1) is 6.92 Å². The molecule has 0 bridgehead atoms. The van der Waals surface area contributed by atoms with Crippen LogP contribution in [0.4, 0.5) is 0 Å². The summed E-state index contributed by atoms with van der Waals surface area (Å²) in [7, 11) is 0. The second-order valence-corrected chi connectivity index (χ2v) is 6.21. The van der Waals surface area contributed by atoms with Crippen LogP contribution in [0.5, 0.6) is 0 Å². The fourth-order valence-corrected chi connectivity index (χ4v) is 3.76. The van der Waals surface area contributed by atoms with Gasteiger partial charge < -0.3 is 10.2 Å². The minimum absolute atomic E-state index is 0.245. The van der Waals surface area contributed by atoms with Gasteiger partial charge in [-0.2, -0.15) is 0 Å². The van der Waals surface area contributed by atoms with Crippen molar-refractivity contribution in [2.45, 2.75) is 44.7 Å². The molecule has 1 saturated heterocycles. The highest BCUT2D eigenvalue weighted by Gasteiger charge is 2.30. The number of piperazine rings is 1. The highest BCUT2D eigenvalue weighted by molar-refractivity contribution is 5.10. The Labute approximate surface area is 121 Å². The van der Waals surface area contributed by atoms with Gasteiger partial charge in [0, 0.05) is 38.8 Å². The standard InChI is InChI=1S/C16H27N3O/c1-13-6-7-16(20-13)15(12-17)19-10-8-18(9-11-19)14-4-2-3-5-14/h6-7,14-15H,2-5,8-12,17H2,1H3. The van der Waals surface area contributed by atoms with Crippen molar-refractivity contribution in [2.24, 2.45) is 5.73 Å². The number of nitrogens with two attached hydrogens (primary N) is 1. The van der Waals surface area contributed by atoms with Gasteiger partial charge in [-0.25, -0.2) is 0 Å². The van der Waals surface area contributed by atoms with Gasteiger partial charge in [0.1, 0.15) is 11.5 Å². The van der Waals surface area contributed by atoms with E-state index in [2.05, 4.69) is 15.9 Å². The van der Waals surface area contributed by atoms with Crippen LogP contribution in [0.3, 0.4) is 0 Å². The summed E-state index contributed by atoms with van der Waals surface area (Å²) in [6, 6.07) is 5.21. The summed E-state index contributed by atoms with van der Waals surface area (Å²) < 4.78 is 5.78. The SMILES string of the molecule is Cc1ccc(C(CN)N2CCN(C3CCCC3)CC2)o1. The lowest BCUT2D eigenvalue weighted by Crippen LogP contribution is -2.51. The van der Waals surface area contributed by atoms with E-state index in [0.717, 1.165) is 30.7 Å². The Balaban J connectivity index is 1.58. The van der Waals surface area contributed by atoms with Gasteiger partial charge in [-0.15, -0.1) is 0 Å². The lowest BCUT2D eigenvalue weighted by molar-refractivity contribution is 0.0654. The first-order valence-electron chi connectivity index (χ1n) is 8.02. The Hall–Kier alpha value is -0.840. The lowest BCUT2D eigenvalue weighted by atomic mass is 10.1. The van der Waals surface area contributed by atoms with Crippen molar-refractivity contribution in [3.8, 4) is 0 Å². The van der Waals surface area contributed by atoms with Crippen LogP contribution in [0.2, 0.25) is 0 Å². The number of hydrogen-bond acceptors (Lipinski definition) is 4. The van der Waals surface area contributed by atoms with Crippen molar-refractivity contribution in [1.82, 2.24) is 9.80 Å². The molecule has 1 atom stereocenters. The molecule has 4 heteroatoms. The van der Waals surface area contributed by atoms with Crippen LogP contribution in [0.1, 0.15) is 43.2 Å². The normalized spacial score (nSPS) is 24.3. The first kappa shape index (κ1) is 14.1. The molecule has 2 fully saturated rings. The van der Waals surface area contributed by atoms with Crippen LogP contribution in [-0.2, 0) is 0 Å². The molecular formula is C16H27N3O. The average Bonchev–Trinajstić information content (AvgIpc) is 3.12. The summed E-state index contributed by atoms with van der Waals surface area (Å²) >= 11 is 0. The number of aryl methyl sites for hydroxylation is 1. The predicted molar refractivity (Wildman–Crippen MR) is 80.6 cm³/mol. The zero-order valence-corrected chi connectivity index (χ0v) is 12.6. The van der Waals surface area contributed by atoms with Gasteiger partial charge in [0.25, 0.3) is 0 Å². The fraction of sp³-hybridized carbons (Fsp3) is 0.750. The molecule has 112 valence electrons. The van der Waals surface area contributed by atoms with E-state index in [-0.39, 0.29) is 6.04 Å². The van der Waals surface area contributed by atoms with Crippen molar-refractivity contribution in [3.63, 3.8) is 0 Å². The van der Waals surface area contributed by atoms with Crippen LogP contribution in [-0.4, -0.2) is 48.6 Å². The Bertz CT molecular complexity index is 417. The zero-order chi connectivity index (χ0) is 13.9. The van der Waals surface area contributed by atoms with Gasteiger partial charge in [-0.1, -0.05) is 12.8 Å².